The van der Waals surface area contributed by atoms with Crippen molar-refractivity contribution in [1.29, 1.82) is 0 Å². The predicted octanol–water partition coefficient (Wildman–Crippen LogP) is -1.26. The standard InChI is InChI=1S/C20H26N2O7/c23-8-19(9-24,10-25)21-14-22(20(11-26,12-27)13-28)18(29)17-6-5-15-3-1-2-4-16(15)7-17/h1-7,14,23-28H,8-13H2. The van der Waals surface area contributed by atoms with Gasteiger partial charge in [-0.25, -0.2) is 0 Å². The van der Waals surface area contributed by atoms with Gasteiger partial charge in [0.25, 0.3) is 5.91 Å². The number of benzene rings is 2. The summed E-state index contributed by atoms with van der Waals surface area (Å²) in [5, 5.41) is 59.4. The van der Waals surface area contributed by atoms with Crippen molar-refractivity contribution in [3.05, 3.63) is 48.0 Å². The molecule has 9 nitrogen and oxygen atoms in total. The second-order valence-electron chi connectivity index (χ2n) is 6.88. The SMILES string of the molecule is O=C(c1ccc2ccccc2c1)N(C=NC(CO)(CO)CO)C(CO)(CO)CO. The highest BCUT2D eigenvalue weighted by Gasteiger charge is 2.39. The first kappa shape index (κ1) is 22.9. The zero-order valence-corrected chi connectivity index (χ0v) is 15.8. The number of aliphatic hydroxyl groups is 6. The van der Waals surface area contributed by atoms with E-state index in [2.05, 4.69) is 4.99 Å². The van der Waals surface area contributed by atoms with E-state index in [0.29, 0.717) is 0 Å². The van der Waals surface area contributed by atoms with Crippen LogP contribution in [-0.2, 0) is 0 Å². The van der Waals surface area contributed by atoms with Crippen LogP contribution in [0.15, 0.2) is 47.5 Å². The molecule has 9 heteroatoms. The number of aliphatic hydroxyl groups excluding tert-OH is 6. The summed E-state index contributed by atoms with van der Waals surface area (Å²) >= 11 is 0. The lowest BCUT2D eigenvalue weighted by molar-refractivity contribution is -0.00684. The van der Waals surface area contributed by atoms with Crippen LogP contribution in [0.4, 0.5) is 0 Å². The van der Waals surface area contributed by atoms with Crippen LogP contribution in [-0.4, -0.2) is 98.5 Å². The molecule has 158 valence electrons. The molecule has 0 aliphatic heterocycles. The minimum atomic E-state index is -1.79. The second kappa shape index (κ2) is 9.88. The quantitative estimate of drug-likeness (QED) is 0.213. The minimum absolute atomic E-state index is 0.206. The van der Waals surface area contributed by atoms with Gasteiger partial charge in [-0.1, -0.05) is 30.3 Å². The molecule has 0 aromatic heterocycles. The smallest absolute Gasteiger partial charge is 0.259 e. The molecule has 0 aliphatic rings. The molecule has 0 radical (unpaired) electrons. The molecular formula is C20H26N2O7. The average molecular weight is 406 g/mol. The van der Waals surface area contributed by atoms with Crippen molar-refractivity contribution in [2.75, 3.05) is 39.6 Å². The van der Waals surface area contributed by atoms with Gasteiger partial charge >= 0.3 is 0 Å². The fourth-order valence-electron chi connectivity index (χ4n) is 2.68. The highest BCUT2D eigenvalue weighted by Crippen LogP contribution is 2.21. The van der Waals surface area contributed by atoms with Gasteiger partial charge < -0.3 is 30.6 Å². The van der Waals surface area contributed by atoms with Crippen molar-refractivity contribution in [3.63, 3.8) is 0 Å². The number of hydrogen-bond donors (Lipinski definition) is 6. The van der Waals surface area contributed by atoms with E-state index in [0.717, 1.165) is 22.0 Å². The monoisotopic (exact) mass is 406 g/mol. The van der Waals surface area contributed by atoms with Crippen LogP contribution in [0.5, 0.6) is 0 Å². The molecule has 2 rings (SSSR count). The Balaban J connectivity index is 2.54. The van der Waals surface area contributed by atoms with Gasteiger partial charge in [0, 0.05) is 5.56 Å². The third-order valence-electron chi connectivity index (χ3n) is 4.94. The summed E-state index contributed by atoms with van der Waals surface area (Å²) in [6, 6.07) is 12.3. The van der Waals surface area contributed by atoms with Crippen LogP contribution in [0, 0.1) is 0 Å². The first-order valence-electron chi connectivity index (χ1n) is 8.98. The molecule has 0 spiro atoms. The molecule has 0 saturated heterocycles. The number of nitrogens with zero attached hydrogens (tertiary/aromatic N) is 2. The Kier molecular flexibility index (Phi) is 7.80. The van der Waals surface area contributed by atoms with Gasteiger partial charge in [0.2, 0.25) is 0 Å². The molecule has 0 atom stereocenters. The Bertz CT molecular complexity index is 831. The lowest BCUT2D eigenvalue weighted by Crippen LogP contribution is -2.59. The largest absolute Gasteiger partial charge is 0.394 e. The van der Waals surface area contributed by atoms with Crippen LogP contribution in [0.2, 0.25) is 0 Å². The molecule has 2 aromatic rings. The van der Waals surface area contributed by atoms with E-state index in [1.807, 2.05) is 24.3 Å². The average Bonchev–Trinajstić information content (AvgIpc) is 2.79. The maximum atomic E-state index is 13.2. The topological polar surface area (TPSA) is 154 Å². The van der Waals surface area contributed by atoms with Crippen molar-refractivity contribution in [1.82, 2.24) is 4.90 Å². The van der Waals surface area contributed by atoms with Crippen molar-refractivity contribution >= 4 is 23.0 Å². The Morgan fingerprint density at radius 2 is 1.38 bits per heavy atom. The van der Waals surface area contributed by atoms with Gasteiger partial charge in [-0.3, -0.25) is 14.7 Å². The van der Waals surface area contributed by atoms with Gasteiger partial charge in [0.1, 0.15) is 11.1 Å². The van der Waals surface area contributed by atoms with Gasteiger partial charge in [-0.15, -0.1) is 0 Å². The van der Waals surface area contributed by atoms with E-state index < -0.39 is 56.6 Å². The second-order valence-corrected chi connectivity index (χ2v) is 6.88. The van der Waals surface area contributed by atoms with E-state index in [1.54, 1.807) is 18.2 Å². The number of fused-ring (bicyclic) bond motifs is 1. The normalized spacial score (nSPS) is 12.6. The van der Waals surface area contributed by atoms with E-state index in [1.165, 1.54) is 0 Å². The molecule has 1 amide bonds. The van der Waals surface area contributed by atoms with Crippen molar-refractivity contribution in [3.8, 4) is 0 Å². The molecule has 6 N–H and O–H groups in total. The summed E-state index contributed by atoms with van der Waals surface area (Å²) in [5.41, 5.74) is -3.26. The van der Waals surface area contributed by atoms with E-state index in [9.17, 15) is 35.4 Å². The molecule has 0 bridgehead atoms. The number of carbonyl (C=O) groups is 1. The van der Waals surface area contributed by atoms with Gasteiger partial charge in [-0.2, -0.15) is 0 Å². The molecule has 0 saturated carbocycles. The molecule has 0 unspecified atom stereocenters. The van der Waals surface area contributed by atoms with Gasteiger partial charge in [0.15, 0.2) is 0 Å². The minimum Gasteiger partial charge on any atom is -0.394 e. The number of carbonyl (C=O) groups excluding carboxylic acids is 1. The van der Waals surface area contributed by atoms with Crippen molar-refractivity contribution in [2.24, 2.45) is 4.99 Å². The molecular weight excluding hydrogens is 380 g/mol. The fourth-order valence-corrected chi connectivity index (χ4v) is 2.68. The van der Waals surface area contributed by atoms with Crippen molar-refractivity contribution in [2.45, 2.75) is 11.1 Å². The van der Waals surface area contributed by atoms with Crippen LogP contribution in [0.3, 0.4) is 0 Å². The number of amides is 1. The summed E-state index contributed by atoms with van der Waals surface area (Å²) in [5.74, 6) is -0.681. The van der Waals surface area contributed by atoms with E-state index in [-0.39, 0.29) is 5.56 Å². The van der Waals surface area contributed by atoms with Gasteiger partial charge in [0.05, 0.1) is 46.0 Å². The van der Waals surface area contributed by atoms with E-state index in [4.69, 9.17) is 0 Å². The lowest BCUT2D eigenvalue weighted by Gasteiger charge is -2.38. The lowest BCUT2D eigenvalue weighted by atomic mass is 9.98. The summed E-state index contributed by atoms with van der Waals surface area (Å²) in [7, 11) is 0. The van der Waals surface area contributed by atoms with Crippen LogP contribution in [0.1, 0.15) is 10.4 Å². The molecule has 0 aliphatic carbocycles. The molecule has 2 aromatic carbocycles. The first-order valence-corrected chi connectivity index (χ1v) is 8.98. The Hall–Kier alpha value is -2.40. The molecule has 29 heavy (non-hydrogen) atoms. The van der Waals surface area contributed by atoms with Crippen LogP contribution in [0.25, 0.3) is 10.8 Å². The summed E-state index contributed by atoms with van der Waals surface area (Å²) in [6.45, 7) is -4.47. The Labute approximate surface area is 167 Å². The molecule has 0 heterocycles. The third-order valence-corrected chi connectivity index (χ3v) is 4.94. The molecule has 0 fully saturated rings. The maximum absolute atomic E-state index is 13.2. The maximum Gasteiger partial charge on any atom is 0.259 e. The summed E-state index contributed by atoms with van der Waals surface area (Å²) in [4.78, 5) is 18.0. The fraction of sp³-hybridized carbons (Fsp3) is 0.400. The third kappa shape index (κ3) is 4.61. The van der Waals surface area contributed by atoms with Crippen molar-refractivity contribution < 1.29 is 35.4 Å². The number of rotatable bonds is 10. The summed E-state index contributed by atoms with van der Waals surface area (Å²) < 4.78 is 0. The number of aliphatic imine (C=N–C) groups is 1. The highest BCUT2D eigenvalue weighted by molar-refractivity contribution is 6.04. The van der Waals surface area contributed by atoms with E-state index >= 15 is 0 Å². The van der Waals surface area contributed by atoms with Gasteiger partial charge in [-0.05, 0) is 22.9 Å². The Morgan fingerprint density at radius 3 is 1.90 bits per heavy atom. The number of hydrogen-bond acceptors (Lipinski definition) is 8. The predicted molar refractivity (Wildman–Crippen MR) is 107 cm³/mol. The highest BCUT2D eigenvalue weighted by atomic mass is 16.3. The zero-order valence-electron chi connectivity index (χ0n) is 15.8. The summed E-state index contributed by atoms with van der Waals surface area (Å²) in [6.07, 6.45) is 0.906. The van der Waals surface area contributed by atoms with Crippen LogP contribution >= 0.6 is 0 Å². The zero-order chi connectivity index (χ0) is 21.5. The first-order chi connectivity index (χ1) is 13.9. The van der Waals surface area contributed by atoms with Crippen LogP contribution < -0.4 is 0 Å². The Morgan fingerprint density at radius 1 is 0.828 bits per heavy atom.